The van der Waals surface area contributed by atoms with Gasteiger partial charge in [-0.3, -0.25) is 4.79 Å². The minimum Gasteiger partial charge on any atom is -0.481 e. The van der Waals surface area contributed by atoms with Crippen molar-refractivity contribution in [2.24, 2.45) is 5.41 Å². The highest BCUT2D eigenvalue weighted by Crippen LogP contribution is 2.52. The van der Waals surface area contributed by atoms with E-state index >= 15 is 0 Å². The first kappa shape index (κ1) is 14.4. The van der Waals surface area contributed by atoms with Gasteiger partial charge in [-0.1, -0.05) is 0 Å². The molecule has 0 spiro atoms. The number of nitrogens with zero attached hydrogens (tertiary/aromatic N) is 1. The van der Waals surface area contributed by atoms with E-state index in [4.69, 9.17) is 10.4 Å². The van der Waals surface area contributed by atoms with Gasteiger partial charge in [-0.25, -0.2) is 4.39 Å². The Morgan fingerprint density at radius 1 is 1.58 bits per heavy atom. The van der Waals surface area contributed by atoms with E-state index in [1.165, 1.54) is 11.8 Å². The third kappa shape index (κ3) is 3.28. The normalized spacial score (nSPS) is 15.8. The van der Waals surface area contributed by atoms with Crippen LogP contribution in [0, 0.1) is 22.6 Å². The molecule has 6 heteroatoms. The molecule has 0 aliphatic heterocycles. The van der Waals surface area contributed by atoms with Crippen LogP contribution in [0.3, 0.4) is 0 Å². The monoisotopic (exact) mass is 343 g/mol. The predicted molar refractivity (Wildman–Crippen MR) is 73.5 cm³/mol. The summed E-state index contributed by atoms with van der Waals surface area (Å²) in [5, 5.41) is 17.6. The molecule has 19 heavy (non-hydrogen) atoms. The van der Waals surface area contributed by atoms with Crippen molar-refractivity contribution in [3.8, 4) is 6.07 Å². The first-order valence-electron chi connectivity index (χ1n) is 5.70. The number of rotatable bonds is 5. The minimum absolute atomic E-state index is 0.138. The summed E-state index contributed by atoms with van der Waals surface area (Å²) in [5.74, 6) is -0.663. The van der Waals surface area contributed by atoms with Gasteiger partial charge in [0.15, 0.2) is 5.82 Å². The topological polar surface area (TPSA) is 61.1 Å². The van der Waals surface area contributed by atoms with Crippen LogP contribution in [0.15, 0.2) is 21.5 Å². The number of carboxylic acid groups (broad SMARTS) is 1. The first-order valence-corrected chi connectivity index (χ1v) is 7.48. The molecule has 1 aliphatic rings. The molecule has 0 radical (unpaired) electrons. The molecule has 1 saturated carbocycles. The van der Waals surface area contributed by atoms with Crippen LogP contribution in [0.2, 0.25) is 0 Å². The van der Waals surface area contributed by atoms with Crippen molar-refractivity contribution in [3.05, 3.63) is 28.0 Å². The second kappa shape index (κ2) is 5.51. The molecular formula is C13H11BrFNO2S. The summed E-state index contributed by atoms with van der Waals surface area (Å²) in [6.07, 6.45) is 1.90. The van der Waals surface area contributed by atoms with Crippen molar-refractivity contribution in [2.75, 3.05) is 5.75 Å². The second-order valence-electron chi connectivity index (χ2n) is 4.71. The number of benzene rings is 1. The maximum absolute atomic E-state index is 14.0. The lowest BCUT2D eigenvalue weighted by atomic mass is 10.1. The van der Waals surface area contributed by atoms with Crippen molar-refractivity contribution in [2.45, 2.75) is 24.2 Å². The Bertz CT molecular complexity index is 566. The molecule has 100 valence electrons. The molecule has 0 heterocycles. The van der Waals surface area contributed by atoms with E-state index in [-0.39, 0.29) is 21.9 Å². The molecule has 1 N–H and O–H groups in total. The maximum atomic E-state index is 14.0. The number of thioether (sulfide) groups is 1. The van der Waals surface area contributed by atoms with Crippen molar-refractivity contribution >= 4 is 33.7 Å². The summed E-state index contributed by atoms with van der Waals surface area (Å²) in [6, 6.07) is 5.03. The molecule has 1 aromatic carbocycles. The van der Waals surface area contributed by atoms with Gasteiger partial charge in [0.05, 0.1) is 16.5 Å². The van der Waals surface area contributed by atoms with Crippen LogP contribution in [0.25, 0.3) is 0 Å². The Morgan fingerprint density at radius 3 is 2.79 bits per heavy atom. The summed E-state index contributed by atoms with van der Waals surface area (Å²) in [6.45, 7) is 0. The van der Waals surface area contributed by atoms with Crippen LogP contribution < -0.4 is 0 Å². The average molecular weight is 344 g/mol. The molecule has 2 rings (SSSR count). The third-order valence-electron chi connectivity index (χ3n) is 3.18. The van der Waals surface area contributed by atoms with E-state index in [1.807, 2.05) is 6.07 Å². The van der Waals surface area contributed by atoms with Crippen molar-refractivity contribution < 1.29 is 14.3 Å². The van der Waals surface area contributed by atoms with Gasteiger partial charge in [0.1, 0.15) is 6.07 Å². The molecule has 0 aromatic heterocycles. The van der Waals surface area contributed by atoms with Gasteiger partial charge in [0.2, 0.25) is 0 Å². The Hall–Kier alpha value is -1.06. The number of hydrogen-bond donors (Lipinski definition) is 1. The van der Waals surface area contributed by atoms with Crippen LogP contribution in [0.5, 0.6) is 0 Å². The molecule has 0 unspecified atom stereocenters. The van der Waals surface area contributed by atoms with Crippen LogP contribution in [0.1, 0.15) is 24.8 Å². The van der Waals surface area contributed by atoms with Crippen molar-refractivity contribution in [1.82, 2.24) is 0 Å². The van der Waals surface area contributed by atoms with Gasteiger partial charge in [-0.05, 0) is 46.3 Å². The maximum Gasteiger partial charge on any atom is 0.303 e. The summed E-state index contributed by atoms with van der Waals surface area (Å²) < 4.78 is 14.1. The van der Waals surface area contributed by atoms with Crippen LogP contribution >= 0.6 is 27.7 Å². The molecule has 3 nitrogen and oxygen atoms in total. The lowest BCUT2D eigenvalue weighted by Gasteiger charge is -2.12. The number of aliphatic carboxylic acids is 1. The summed E-state index contributed by atoms with van der Waals surface area (Å²) >= 11 is 4.38. The van der Waals surface area contributed by atoms with E-state index in [0.29, 0.717) is 10.6 Å². The fourth-order valence-corrected chi connectivity index (χ4v) is 3.64. The minimum atomic E-state index is -0.806. The van der Waals surface area contributed by atoms with E-state index in [9.17, 15) is 9.18 Å². The van der Waals surface area contributed by atoms with E-state index < -0.39 is 11.8 Å². The lowest BCUT2D eigenvalue weighted by molar-refractivity contribution is -0.138. The summed E-state index contributed by atoms with van der Waals surface area (Å²) in [4.78, 5) is 11.2. The van der Waals surface area contributed by atoms with Gasteiger partial charge in [0.25, 0.3) is 0 Å². The van der Waals surface area contributed by atoms with E-state index in [1.54, 1.807) is 12.1 Å². The zero-order valence-electron chi connectivity index (χ0n) is 9.95. The Balaban J connectivity index is 2.07. The van der Waals surface area contributed by atoms with Crippen LogP contribution in [-0.2, 0) is 4.79 Å². The van der Waals surface area contributed by atoms with Crippen molar-refractivity contribution in [3.63, 3.8) is 0 Å². The predicted octanol–water partition coefficient (Wildman–Crippen LogP) is 3.81. The number of halogens is 2. The van der Waals surface area contributed by atoms with Crippen molar-refractivity contribution in [1.29, 1.82) is 5.26 Å². The number of nitriles is 1. The highest BCUT2D eigenvalue weighted by atomic mass is 79.9. The fraction of sp³-hybridized carbons (Fsp3) is 0.385. The SMILES string of the molecule is N#Cc1ccc(SCC2(CC(=O)O)CC2)c(F)c1Br. The molecule has 1 aliphatic carbocycles. The van der Waals surface area contributed by atoms with Gasteiger partial charge >= 0.3 is 5.97 Å². The Morgan fingerprint density at radius 2 is 2.26 bits per heavy atom. The first-order chi connectivity index (χ1) is 8.97. The zero-order valence-corrected chi connectivity index (χ0v) is 12.4. The molecule has 1 aromatic rings. The second-order valence-corrected chi connectivity index (χ2v) is 6.52. The summed E-state index contributed by atoms with van der Waals surface area (Å²) in [5.41, 5.74) is 0.0806. The molecule has 0 bridgehead atoms. The Labute approximate surface area is 122 Å². The Kier molecular flexibility index (Phi) is 4.16. The van der Waals surface area contributed by atoms with Crippen LogP contribution in [-0.4, -0.2) is 16.8 Å². The van der Waals surface area contributed by atoms with Gasteiger partial charge in [-0.15, -0.1) is 11.8 Å². The third-order valence-corrected chi connectivity index (χ3v) is 5.34. The average Bonchev–Trinajstić information content (AvgIpc) is 3.10. The van der Waals surface area contributed by atoms with Crippen LogP contribution in [0.4, 0.5) is 4.39 Å². The van der Waals surface area contributed by atoms with Gasteiger partial charge in [-0.2, -0.15) is 5.26 Å². The summed E-state index contributed by atoms with van der Waals surface area (Å²) in [7, 11) is 0. The van der Waals surface area contributed by atoms with E-state index in [0.717, 1.165) is 12.8 Å². The largest absolute Gasteiger partial charge is 0.481 e. The highest BCUT2D eigenvalue weighted by molar-refractivity contribution is 9.10. The van der Waals surface area contributed by atoms with E-state index in [2.05, 4.69) is 15.9 Å². The van der Waals surface area contributed by atoms with Gasteiger partial charge in [0, 0.05) is 10.6 Å². The lowest BCUT2D eigenvalue weighted by Crippen LogP contribution is -2.11. The molecular weight excluding hydrogens is 333 g/mol. The number of carboxylic acids is 1. The molecule has 0 saturated heterocycles. The molecule has 0 amide bonds. The molecule has 0 atom stereocenters. The quantitative estimate of drug-likeness (QED) is 0.826. The standard InChI is InChI=1S/C13H11BrFNO2S/c14-11-8(6-16)1-2-9(12(11)15)19-7-13(3-4-13)5-10(17)18/h1-2H,3-5,7H2,(H,17,18). The smallest absolute Gasteiger partial charge is 0.303 e. The zero-order chi connectivity index (χ0) is 14.0. The highest BCUT2D eigenvalue weighted by Gasteiger charge is 2.44. The number of carbonyl (C=O) groups is 1. The van der Waals surface area contributed by atoms with Gasteiger partial charge < -0.3 is 5.11 Å². The number of hydrogen-bond acceptors (Lipinski definition) is 3. The molecule has 1 fully saturated rings. The fourth-order valence-electron chi connectivity index (χ4n) is 1.83.